The standard InChI is InChI=1S/C27H31N5OS/c1-17-14-31-16-24(29-26(31)19(3)28-17)25-12-20-8-9-22(13-23(20)27(33-25)34-4)30-10-11-32(18(2)15-30)21-6-5-7-21/h8-9,12-14,16,18,21H,4-7,10-11,15H2,1-3H3. The molecular weight excluding hydrogens is 442 g/mol. The maximum atomic E-state index is 6.34. The molecule has 1 aliphatic heterocycles. The van der Waals surface area contributed by atoms with Crippen LogP contribution in [0.4, 0.5) is 5.69 Å². The summed E-state index contributed by atoms with van der Waals surface area (Å²) in [5, 5.41) is 2.24. The predicted molar refractivity (Wildman–Crippen MR) is 142 cm³/mol. The first-order valence-electron chi connectivity index (χ1n) is 12.2. The van der Waals surface area contributed by atoms with E-state index in [-0.39, 0.29) is 0 Å². The van der Waals surface area contributed by atoms with Gasteiger partial charge in [-0.3, -0.25) is 9.88 Å². The second-order valence-corrected chi connectivity index (χ2v) is 10.4. The summed E-state index contributed by atoms with van der Waals surface area (Å²) in [6, 6.07) is 10.2. The highest BCUT2D eigenvalue weighted by atomic mass is 32.1. The van der Waals surface area contributed by atoms with E-state index in [0.29, 0.717) is 6.04 Å². The lowest BCUT2D eigenvalue weighted by molar-refractivity contribution is 0.0775. The van der Waals surface area contributed by atoms with E-state index >= 15 is 0 Å². The predicted octanol–water partition coefficient (Wildman–Crippen LogP) is 5.52. The van der Waals surface area contributed by atoms with Crippen molar-refractivity contribution in [1.82, 2.24) is 19.3 Å². The van der Waals surface area contributed by atoms with Crippen molar-refractivity contribution in [3.63, 3.8) is 0 Å². The van der Waals surface area contributed by atoms with Crippen LogP contribution < -0.4 is 4.90 Å². The quantitative estimate of drug-likeness (QED) is 0.367. The van der Waals surface area contributed by atoms with Crippen molar-refractivity contribution >= 4 is 38.9 Å². The molecule has 0 spiro atoms. The SMILES string of the molecule is C=S=c1oc(-c2cn3cc(C)nc(C)c3n2)cc2ccc(N3CCN(C4CCC4)C(C)C3)cc12. The molecule has 2 aliphatic rings. The zero-order valence-electron chi connectivity index (χ0n) is 20.1. The van der Waals surface area contributed by atoms with E-state index < -0.39 is 0 Å². The normalized spacial score (nSPS) is 19.6. The van der Waals surface area contributed by atoms with Gasteiger partial charge in [0.15, 0.2) is 16.1 Å². The molecule has 1 unspecified atom stereocenters. The van der Waals surface area contributed by atoms with Gasteiger partial charge in [-0.2, -0.15) is 0 Å². The third kappa shape index (κ3) is 3.67. The lowest BCUT2D eigenvalue weighted by Gasteiger charge is -2.47. The van der Waals surface area contributed by atoms with Crippen LogP contribution in [0.25, 0.3) is 27.9 Å². The van der Waals surface area contributed by atoms with Gasteiger partial charge in [0.1, 0.15) is 5.69 Å². The summed E-state index contributed by atoms with van der Waals surface area (Å²) in [6.07, 6.45) is 8.14. The molecule has 0 radical (unpaired) electrons. The number of imidazole rings is 1. The highest BCUT2D eigenvalue weighted by Gasteiger charge is 2.32. The number of aromatic nitrogens is 3. The van der Waals surface area contributed by atoms with Crippen LogP contribution in [0, 0.1) is 18.6 Å². The average Bonchev–Trinajstić information content (AvgIpc) is 3.22. The number of aryl methyl sites for hydroxylation is 2. The summed E-state index contributed by atoms with van der Waals surface area (Å²) in [5.74, 6) is 4.82. The minimum atomic E-state index is 0.583. The lowest BCUT2D eigenvalue weighted by Crippen LogP contribution is -2.57. The Morgan fingerprint density at radius 1 is 1.09 bits per heavy atom. The molecule has 4 aromatic rings. The first-order chi connectivity index (χ1) is 16.5. The molecule has 1 saturated heterocycles. The lowest BCUT2D eigenvalue weighted by atomic mass is 9.89. The minimum absolute atomic E-state index is 0.583. The van der Waals surface area contributed by atoms with Crippen molar-refractivity contribution in [2.45, 2.75) is 52.1 Å². The number of fused-ring (bicyclic) bond motifs is 2. The Balaban J connectivity index is 1.35. The van der Waals surface area contributed by atoms with Crippen LogP contribution >= 0.6 is 10.9 Å². The van der Waals surface area contributed by atoms with Crippen LogP contribution in [-0.4, -0.2) is 56.9 Å². The number of benzene rings is 1. The van der Waals surface area contributed by atoms with Gasteiger partial charge in [-0.1, -0.05) is 12.5 Å². The number of rotatable bonds is 3. The molecule has 3 aromatic heterocycles. The zero-order valence-corrected chi connectivity index (χ0v) is 20.9. The zero-order chi connectivity index (χ0) is 23.4. The fourth-order valence-corrected chi connectivity index (χ4v) is 5.97. The van der Waals surface area contributed by atoms with Crippen molar-refractivity contribution in [2.75, 3.05) is 24.5 Å². The Morgan fingerprint density at radius 2 is 1.94 bits per heavy atom. The first kappa shape index (κ1) is 21.6. The van der Waals surface area contributed by atoms with E-state index in [9.17, 15) is 0 Å². The Labute approximate surface area is 203 Å². The van der Waals surface area contributed by atoms with Crippen molar-refractivity contribution < 1.29 is 4.42 Å². The van der Waals surface area contributed by atoms with Gasteiger partial charge in [0.25, 0.3) is 0 Å². The fourth-order valence-electron chi connectivity index (χ4n) is 5.49. The molecule has 2 fully saturated rings. The van der Waals surface area contributed by atoms with Crippen LogP contribution in [0.3, 0.4) is 0 Å². The van der Waals surface area contributed by atoms with Crippen LogP contribution in [0.15, 0.2) is 41.1 Å². The molecule has 176 valence electrons. The van der Waals surface area contributed by atoms with Gasteiger partial charge in [0.2, 0.25) is 0 Å². The summed E-state index contributed by atoms with van der Waals surface area (Å²) in [6.45, 7) is 9.64. The van der Waals surface area contributed by atoms with Crippen molar-refractivity contribution in [2.24, 2.45) is 0 Å². The Kier molecular flexibility index (Phi) is 5.34. The van der Waals surface area contributed by atoms with Gasteiger partial charge in [-0.15, -0.1) is 10.9 Å². The summed E-state index contributed by atoms with van der Waals surface area (Å²) in [7, 11) is 1.40. The minimum Gasteiger partial charge on any atom is -0.444 e. The second-order valence-electron chi connectivity index (χ2n) is 9.76. The highest BCUT2D eigenvalue weighted by molar-refractivity contribution is 7.88. The van der Waals surface area contributed by atoms with E-state index in [1.807, 2.05) is 30.6 Å². The second kappa shape index (κ2) is 8.40. The highest BCUT2D eigenvalue weighted by Crippen LogP contribution is 2.32. The van der Waals surface area contributed by atoms with Crippen LogP contribution in [0.2, 0.25) is 0 Å². The van der Waals surface area contributed by atoms with E-state index in [1.54, 1.807) is 0 Å². The third-order valence-corrected chi connectivity index (χ3v) is 8.01. The molecule has 6 nitrogen and oxygen atoms in total. The molecule has 34 heavy (non-hydrogen) atoms. The molecule has 1 atom stereocenters. The number of anilines is 1. The van der Waals surface area contributed by atoms with Crippen molar-refractivity contribution in [1.29, 1.82) is 0 Å². The maximum Gasteiger partial charge on any atom is 0.188 e. The van der Waals surface area contributed by atoms with E-state index in [1.165, 1.54) is 35.9 Å². The first-order valence-corrected chi connectivity index (χ1v) is 13.2. The number of nitrogens with zero attached hydrogens (tertiary/aromatic N) is 5. The van der Waals surface area contributed by atoms with Gasteiger partial charge in [-0.05, 0) is 63.1 Å². The summed E-state index contributed by atoms with van der Waals surface area (Å²) >= 11 is 0. The Bertz CT molecular complexity index is 1490. The molecular formula is C27H31N5OS. The molecule has 6 rings (SSSR count). The van der Waals surface area contributed by atoms with Crippen molar-refractivity contribution in [3.8, 4) is 11.5 Å². The third-order valence-electron chi connectivity index (χ3n) is 7.44. The number of hydrogen-bond donors (Lipinski definition) is 0. The van der Waals surface area contributed by atoms with Gasteiger partial charge in [0, 0.05) is 55.2 Å². The molecule has 7 heteroatoms. The molecule has 0 amide bonds. The number of hydrogen-bond acceptors (Lipinski definition) is 5. The average molecular weight is 474 g/mol. The fraction of sp³-hybridized carbons (Fsp3) is 0.407. The summed E-state index contributed by atoms with van der Waals surface area (Å²) < 4.78 is 9.18. The topological polar surface area (TPSA) is 49.8 Å². The van der Waals surface area contributed by atoms with Gasteiger partial charge < -0.3 is 13.7 Å². The van der Waals surface area contributed by atoms with E-state index in [0.717, 1.165) is 69.6 Å². The summed E-state index contributed by atoms with van der Waals surface area (Å²) in [5.41, 5.74) is 4.79. The maximum absolute atomic E-state index is 6.34. The molecule has 0 N–H and O–H groups in total. The van der Waals surface area contributed by atoms with Gasteiger partial charge in [-0.25, -0.2) is 4.98 Å². The number of piperazine rings is 1. The van der Waals surface area contributed by atoms with Gasteiger partial charge in [0.05, 0.1) is 11.4 Å². The Morgan fingerprint density at radius 3 is 2.68 bits per heavy atom. The monoisotopic (exact) mass is 473 g/mol. The van der Waals surface area contributed by atoms with E-state index in [4.69, 9.17) is 9.40 Å². The molecule has 1 aliphatic carbocycles. The Hall–Kier alpha value is -2.90. The van der Waals surface area contributed by atoms with Crippen LogP contribution in [0.1, 0.15) is 37.6 Å². The van der Waals surface area contributed by atoms with Gasteiger partial charge >= 0.3 is 0 Å². The van der Waals surface area contributed by atoms with Crippen LogP contribution in [-0.2, 0) is 0 Å². The van der Waals surface area contributed by atoms with Crippen LogP contribution in [0.5, 0.6) is 0 Å². The molecule has 4 heterocycles. The molecule has 1 aromatic carbocycles. The smallest absolute Gasteiger partial charge is 0.188 e. The van der Waals surface area contributed by atoms with E-state index in [2.05, 4.69) is 51.8 Å². The molecule has 1 saturated carbocycles. The van der Waals surface area contributed by atoms with Crippen molar-refractivity contribution in [3.05, 3.63) is 52.8 Å². The molecule has 0 bridgehead atoms. The largest absolute Gasteiger partial charge is 0.444 e. The summed E-state index contributed by atoms with van der Waals surface area (Å²) in [4.78, 5) is 14.6.